The molecule has 0 saturated heterocycles. The highest BCUT2D eigenvalue weighted by Crippen LogP contribution is 2.17. The van der Waals surface area contributed by atoms with Crippen LogP contribution in [0.5, 0.6) is 0 Å². The van der Waals surface area contributed by atoms with E-state index in [9.17, 15) is 14.4 Å². The van der Waals surface area contributed by atoms with Crippen molar-refractivity contribution < 1.29 is 28.6 Å². The molecule has 0 radical (unpaired) electrons. The van der Waals surface area contributed by atoms with Crippen molar-refractivity contribution in [1.29, 1.82) is 0 Å². The van der Waals surface area contributed by atoms with E-state index in [-0.39, 0.29) is 31.1 Å². The number of rotatable bonds is 53. The first-order valence-electron chi connectivity index (χ1n) is 29.1. The van der Waals surface area contributed by atoms with Gasteiger partial charge in [-0.1, -0.05) is 275 Å². The maximum atomic E-state index is 12.8. The summed E-state index contributed by atoms with van der Waals surface area (Å²) in [6.45, 7) is 6.55. The molecule has 0 aliphatic rings. The van der Waals surface area contributed by atoms with Crippen LogP contribution in [0.2, 0.25) is 0 Å². The zero-order valence-corrected chi connectivity index (χ0v) is 44.7. The molecule has 1 unspecified atom stereocenters. The predicted molar refractivity (Wildman–Crippen MR) is 289 cm³/mol. The lowest BCUT2D eigenvalue weighted by atomic mass is 10.0. The van der Waals surface area contributed by atoms with E-state index in [2.05, 4.69) is 69.4 Å². The molecule has 6 heteroatoms. The molecule has 0 aromatic carbocycles. The van der Waals surface area contributed by atoms with Gasteiger partial charge in [0.1, 0.15) is 13.2 Å². The molecule has 0 rings (SSSR count). The van der Waals surface area contributed by atoms with Crippen molar-refractivity contribution in [1.82, 2.24) is 0 Å². The van der Waals surface area contributed by atoms with Gasteiger partial charge in [-0.05, 0) is 57.8 Å². The topological polar surface area (TPSA) is 78.9 Å². The largest absolute Gasteiger partial charge is 0.462 e. The van der Waals surface area contributed by atoms with Gasteiger partial charge in [0.05, 0.1) is 0 Å². The fourth-order valence-electron chi connectivity index (χ4n) is 8.49. The van der Waals surface area contributed by atoms with Crippen LogP contribution >= 0.6 is 0 Å². The minimum Gasteiger partial charge on any atom is -0.462 e. The SMILES string of the molecule is CC/C=C\C/C=C\C/C=C\C/C=C\CCCCCCC(=O)OC(COC(=O)CCCCCCCCCCCCCCCC)COC(=O)CCCCCCCCCCCCCCCCCCCC. The molecule has 390 valence electrons. The number of esters is 3. The monoisotopic (exact) mass is 939 g/mol. The normalized spacial score (nSPS) is 12.3. The molecular weight excluding hydrogens is 829 g/mol. The van der Waals surface area contributed by atoms with Crippen molar-refractivity contribution in [3.8, 4) is 0 Å². The van der Waals surface area contributed by atoms with Gasteiger partial charge in [0, 0.05) is 19.3 Å². The molecule has 67 heavy (non-hydrogen) atoms. The van der Waals surface area contributed by atoms with Crippen LogP contribution in [0.1, 0.15) is 303 Å². The highest BCUT2D eigenvalue weighted by molar-refractivity contribution is 5.71. The molecule has 0 saturated carbocycles. The van der Waals surface area contributed by atoms with Gasteiger partial charge in [-0.2, -0.15) is 0 Å². The second kappa shape index (κ2) is 56.0. The zero-order valence-electron chi connectivity index (χ0n) is 44.7. The third-order valence-electron chi connectivity index (χ3n) is 12.8. The summed E-state index contributed by atoms with van der Waals surface area (Å²) in [7, 11) is 0. The average molecular weight is 940 g/mol. The molecule has 6 nitrogen and oxygen atoms in total. The fourth-order valence-corrected chi connectivity index (χ4v) is 8.49. The van der Waals surface area contributed by atoms with E-state index in [4.69, 9.17) is 14.2 Å². The van der Waals surface area contributed by atoms with Gasteiger partial charge >= 0.3 is 17.9 Å². The molecular formula is C61H110O6. The third kappa shape index (κ3) is 54.2. The van der Waals surface area contributed by atoms with Gasteiger partial charge in [0.2, 0.25) is 0 Å². The summed E-state index contributed by atoms with van der Waals surface area (Å²) in [6, 6.07) is 0. The molecule has 0 aliphatic carbocycles. The van der Waals surface area contributed by atoms with Gasteiger partial charge < -0.3 is 14.2 Å². The molecule has 0 fully saturated rings. The molecule has 0 N–H and O–H groups in total. The molecule has 0 aromatic heterocycles. The summed E-state index contributed by atoms with van der Waals surface area (Å²) in [5.41, 5.74) is 0. The van der Waals surface area contributed by atoms with Crippen LogP contribution in [0.3, 0.4) is 0 Å². The summed E-state index contributed by atoms with van der Waals surface area (Å²) in [5, 5.41) is 0. The summed E-state index contributed by atoms with van der Waals surface area (Å²) in [4.78, 5) is 38.2. The van der Waals surface area contributed by atoms with Crippen LogP contribution in [0.4, 0.5) is 0 Å². The first-order chi connectivity index (χ1) is 33.0. The summed E-state index contributed by atoms with van der Waals surface area (Å²) in [6.07, 6.45) is 68.1. The van der Waals surface area contributed by atoms with Gasteiger partial charge in [-0.25, -0.2) is 0 Å². The Bertz CT molecular complexity index is 1170. The Morgan fingerprint density at radius 1 is 0.313 bits per heavy atom. The highest BCUT2D eigenvalue weighted by atomic mass is 16.6. The minimum atomic E-state index is -0.782. The number of carbonyl (C=O) groups excluding carboxylic acids is 3. The average Bonchev–Trinajstić information content (AvgIpc) is 3.33. The molecule has 0 heterocycles. The number of allylic oxidation sites excluding steroid dienone is 8. The van der Waals surface area contributed by atoms with E-state index in [0.717, 1.165) is 96.3 Å². The Balaban J connectivity index is 4.37. The maximum Gasteiger partial charge on any atom is 0.306 e. The van der Waals surface area contributed by atoms with E-state index in [1.807, 2.05) is 0 Å². The smallest absolute Gasteiger partial charge is 0.306 e. The highest BCUT2D eigenvalue weighted by Gasteiger charge is 2.19. The maximum absolute atomic E-state index is 12.8. The third-order valence-corrected chi connectivity index (χ3v) is 12.8. The van der Waals surface area contributed by atoms with Crippen LogP contribution in [-0.4, -0.2) is 37.2 Å². The first kappa shape index (κ1) is 64.4. The second-order valence-corrected chi connectivity index (χ2v) is 19.5. The van der Waals surface area contributed by atoms with Crippen molar-refractivity contribution >= 4 is 17.9 Å². The van der Waals surface area contributed by atoms with Crippen molar-refractivity contribution in [2.45, 2.75) is 309 Å². The van der Waals surface area contributed by atoms with Crippen LogP contribution in [0, 0.1) is 0 Å². The number of ether oxygens (including phenoxy) is 3. The van der Waals surface area contributed by atoms with Crippen molar-refractivity contribution in [2.75, 3.05) is 13.2 Å². The van der Waals surface area contributed by atoms with Crippen LogP contribution in [0.15, 0.2) is 48.6 Å². The van der Waals surface area contributed by atoms with Gasteiger partial charge in [0.25, 0.3) is 0 Å². The molecule has 0 bridgehead atoms. The van der Waals surface area contributed by atoms with Crippen LogP contribution < -0.4 is 0 Å². The molecule has 0 aliphatic heterocycles. The lowest BCUT2D eigenvalue weighted by Gasteiger charge is -2.18. The fraction of sp³-hybridized carbons (Fsp3) is 0.820. The first-order valence-corrected chi connectivity index (χ1v) is 29.1. The van der Waals surface area contributed by atoms with Crippen LogP contribution in [-0.2, 0) is 28.6 Å². The Morgan fingerprint density at radius 2 is 0.582 bits per heavy atom. The Labute approximate surface area is 416 Å². The van der Waals surface area contributed by atoms with Gasteiger partial charge in [-0.15, -0.1) is 0 Å². The summed E-state index contributed by atoms with van der Waals surface area (Å²) in [5.74, 6) is -0.885. The van der Waals surface area contributed by atoms with Gasteiger partial charge in [0.15, 0.2) is 6.10 Å². The number of unbranched alkanes of at least 4 members (excludes halogenated alkanes) is 34. The molecule has 0 aromatic rings. The van der Waals surface area contributed by atoms with E-state index < -0.39 is 6.10 Å². The molecule has 0 amide bonds. The van der Waals surface area contributed by atoms with Gasteiger partial charge in [-0.3, -0.25) is 14.4 Å². The van der Waals surface area contributed by atoms with Crippen molar-refractivity contribution in [3.63, 3.8) is 0 Å². The minimum absolute atomic E-state index is 0.0787. The second-order valence-electron chi connectivity index (χ2n) is 19.5. The van der Waals surface area contributed by atoms with E-state index >= 15 is 0 Å². The predicted octanol–water partition coefficient (Wildman–Crippen LogP) is 19.4. The summed E-state index contributed by atoms with van der Waals surface area (Å²) >= 11 is 0. The number of hydrogen-bond acceptors (Lipinski definition) is 6. The molecule has 1 atom stereocenters. The van der Waals surface area contributed by atoms with Crippen molar-refractivity contribution in [2.24, 2.45) is 0 Å². The van der Waals surface area contributed by atoms with Crippen LogP contribution in [0.25, 0.3) is 0 Å². The van der Waals surface area contributed by atoms with E-state index in [1.165, 1.54) is 167 Å². The number of carbonyl (C=O) groups is 3. The molecule has 0 spiro atoms. The Morgan fingerprint density at radius 3 is 0.910 bits per heavy atom. The Kier molecular flexibility index (Phi) is 53.8. The summed E-state index contributed by atoms with van der Waals surface area (Å²) < 4.78 is 16.9. The van der Waals surface area contributed by atoms with Crippen molar-refractivity contribution in [3.05, 3.63) is 48.6 Å². The number of hydrogen-bond donors (Lipinski definition) is 0. The lowest BCUT2D eigenvalue weighted by molar-refractivity contribution is -0.167. The van der Waals surface area contributed by atoms with E-state index in [0.29, 0.717) is 19.3 Å². The zero-order chi connectivity index (χ0) is 48.6. The standard InChI is InChI=1S/C61H110O6/c1-4-7-10-13-16-19-22-25-28-30-32-33-36-39-42-45-48-51-54-60(63)66-57-58(56-65-59(62)53-50-47-44-41-38-35-27-24-21-18-15-12-9-6-3)67-61(64)55-52-49-46-43-40-37-34-31-29-26-23-20-17-14-11-8-5-2/h8,11,17,20,26,29,34,37,58H,4-7,9-10,12-16,18-19,21-25,27-28,30-33,35-36,38-57H2,1-3H3/b11-8-,20-17-,29-26-,37-34-. The quantitative estimate of drug-likeness (QED) is 0.0262. The lowest BCUT2D eigenvalue weighted by Crippen LogP contribution is -2.30. The Hall–Kier alpha value is -2.63. The van der Waals surface area contributed by atoms with E-state index in [1.54, 1.807) is 0 Å².